The van der Waals surface area contributed by atoms with Crippen molar-refractivity contribution in [1.29, 1.82) is 0 Å². The summed E-state index contributed by atoms with van der Waals surface area (Å²) in [5, 5.41) is 26.5. The van der Waals surface area contributed by atoms with Crippen molar-refractivity contribution in [3.63, 3.8) is 0 Å². The first-order valence-electron chi connectivity index (χ1n) is 11.8. The monoisotopic (exact) mass is 481 g/mol. The molecule has 6 N–H and O–H groups in total. The second kappa shape index (κ2) is 9.91. The summed E-state index contributed by atoms with van der Waals surface area (Å²) in [5.41, 5.74) is 5.56. The van der Waals surface area contributed by atoms with Gasteiger partial charge in [-0.3, -0.25) is 9.59 Å². The Hall–Kier alpha value is -1.66. The highest BCUT2D eigenvalue weighted by Gasteiger charge is 2.60. The van der Waals surface area contributed by atoms with E-state index in [0.29, 0.717) is 30.3 Å². The van der Waals surface area contributed by atoms with Gasteiger partial charge in [-0.1, -0.05) is 6.92 Å². The number of carbonyl (C=O) groups is 3. The Morgan fingerprint density at radius 1 is 1.39 bits per heavy atom. The lowest BCUT2D eigenvalue weighted by molar-refractivity contribution is -0.163. The number of hydrogen-bond donors (Lipinski definition) is 5. The van der Waals surface area contributed by atoms with Gasteiger partial charge in [-0.2, -0.15) is 0 Å². The van der Waals surface area contributed by atoms with E-state index < -0.39 is 18.0 Å². The summed E-state index contributed by atoms with van der Waals surface area (Å²) in [6, 6.07) is -0.583. The number of nitrogens with two attached hydrogens (primary N) is 1. The Morgan fingerprint density at radius 2 is 2.15 bits per heavy atom. The lowest BCUT2D eigenvalue weighted by Gasteiger charge is -2.46. The quantitative estimate of drug-likeness (QED) is 0.207. The van der Waals surface area contributed by atoms with Crippen LogP contribution in [-0.4, -0.2) is 101 Å². The van der Waals surface area contributed by atoms with Gasteiger partial charge < -0.3 is 36.4 Å². The molecule has 184 valence electrons. The van der Waals surface area contributed by atoms with Crippen LogP contribution < -0.4 is 16.4 Å². The molecule has 0 bridgehead atoms. The second-order valence-corrected chi connectivity index (χ2v) is 11.0. The molecule has 0 aromatic carbocycles. The molecule has 33 heavy (non-hydrogen) atoms. The van der Waals surface area contributed by atoms with Crippen molar-refractivity contribution in [2.45, 2.75) is 50.1 Å². The van der Waals surface area contributed by atoms with Crippen LogP contribution in [0.3, 0.4) is 0 Å². The van der Waals surface area contributed by atoms with Crippen LogP contribution in [0.1, 0.15) is 26.7 Å². The zero-order chi connectivity index (χ0) is 23.9. The molecule has 0 unspecified atom stereocenters. The molecule has 4 aliphatic heterocycles. The third-order valence-corrected chi connectivity index (χ3v) is 8.86. The molecule has 4 aliphatic rings. The molecule has 0 aromatic heterocycles. The maximum Gasteiger partial charge on any atom is 0.353 e. The minimum Gasteiger partial charge on any atom is -0.477 e. The fraction of sp³-hybridized carbons (Fsp3) is 0.773. The van der Waals surface area contributed by atoms with E-state index in [1.165, 1.54) is 16.7 Å². The number of aliphatic hydroxyl groups is 1. The lowest BCUT2D eigenvalue weighted by Crippen LogP contribution is -2.63. The summed E-state index contributed by atoms with van der Waals surface area (Å²) >= 11 is 1.47. The zero-order valence-corrected chi connectivity index (χ0v) is 20.0. The number of fused-ring (bicyclic) bond motifs is 1. The Kier molecular flexibility index (Phi) is 7.35. The van der Waals surface area contributed by atoms with E-state index in [4.69, 9.17) is 5.73 Å². The number of nitrogens with zero attached hydrogens (tertiary/aromatic N) is 2. The number of carboxylic acids is 1. The molecule has 4 heterocycles. The van der Waals surface area contributed by atoms with Crippen molar-refractivity contribution in [2.75, 3.05) is 39.3 Å². The molecule has 0 aliphatic carbocycles. The van der Waals surface area contributed by atoms with Crippen molar-refractivity contribution in [1.82, 2.24) is 20.4 Å². The maximum absolute atomic E-state index is 13.0. The number of aliphatic carboxylic acids is 1. The van der Waals surface area contributed by atoms with Gasteiger partial charge in [0.05, 0.1) is 24.1 Å². The number of rotatable bonds is 9. The van der Waals surface area contributed by atoms with Gasteiger partial charge in [0.25, 0.3) is 0 Å². The number of carboxylic acid groups (broad SMARTS) is 1. The molecule has 10 nitrogen and oxygen atoms in total. The van der Waals surface area contributed by atoms with E-state index in [1.807, 2.05) is 11.8 Å². The van der Waals surface area contributed by atoms with Crippen molar-refractivity contribution in [2.24, 2.45) is 23.5 Å². The molecule has 7 atom stereocenters. The standard InChI is InChI=1S/C22H35N5O5S/c1-11-17-16(12(2)28)21(30)27(17)18(22(31)32)19(11)33-14-7-15(25-9-14)20(29)26-6-3-13(10-26)8-24-5-4-23/h11-17,24-25,28H,3-10,23H2,1-2H3,(H,31,32)/t11-,12-,13-,14+,15+,16-,17-/m1/s1. The van der Waals surface area contributed by atoms with Crippen LogP contribution in [-0.2, 0) is 14.4 Å². The third-order valence-electron chi connectivity index (χ3n) is 7.35. The molecule has 0 saturated carbocycles. The first-order chi connectivity index (χ1) is 15.7. The first kappa shape index (κ1) is 24.5. The Bertz CT molecular complexity index is 836. The number of carbonyl (C=O) groups excluding carboxylic acids is 2. The van der Waals surface area contributed by atoms with E-state index in [1.54, 1.807) is 6.92 Å². The molecular formula is C22H35N5O5S. The molecule has 0 spiro atoms. The summed E-state index contributed by atoms with van der Waals surface area (Å²) < 4.78 is 0. The molecular weight excluding hydrogens is 446 g/mol. The van der Waals surface area contributed by atoms with E-state index in [2.05, 4.69) is 10.6 Å². The van der Waals surface area contributed by atoms with Crippen molar-refractivity contribution in [3.05, 3.63) is 10.6 Å². The number of amides is 2. The van der Waals surface area contributed by atoms with Crippen molar-refractivity contribution >= 4 is 29.5 Å². The van der Waals surface area contributed by atoms with Crippen LogP contribution in [0.5, 0.6) is 0 Å². The summed E-state index contributed by atoms with van der Waals surface area (Å²) in [4.78, 5) is 41.5. The topological polar surface area (TPSA) is 148 Å². The number of nitrogens with one attached hydrogen (secondary N) is 2. The highest BCUT2D eigenvalue weighted by Crippen LogP contribution is 2.51. The van der Waals surface area contributed by atoms with Gasteiger partial charge in [0.15, 0.2) is 0 Å². The van der Waals surface area contributed by atoms with Gasteiger partial charge in [-0.15, -0.1) is 11.8 Å². The van der Waals surface area contributed by atoms with E-state index in [9.17, 15) is 24.6 Å². The SMILES string of the molecule is C[C@@H](O)[C@H]1C(=O)N2C(C(=O)O)=C(S[C@@H]3CN[C@H](C(=O)N4CC[C@H](CNCCN)C4)C3)[C@H](C)[C@H]12. The largest absolute Gasteiger partial charge is 0.477 e. The summed E-state index contributed by atoms with van der Waals surface area (Å²) in [5.74, 6) is -1.61. The molecule has 11 heteroatoms. The average molecular weight is 482 g/mol. The van der Waals surface area contributed by atoms with Crippen LogP contribution in [0, 0.1) is 17.8 Å². The summed E-state index contributed by atoms with van der Waals surface area (Å²) in [6.45, 7) is 7.86. The van der Waals surface area contributed by atoms with Crippen LogP contribution >= 0.6 is 11.8 Å². The highest BCUT2D eigenvalue weighted by atomic mass is 32.2. The molecule has 2 amide bonds. The molecule has 3 fully saturated rings. The molecule has 4 rings (SSSR count). The highest BCUT2D eigenvalue weighted by molar-refractivity contribution is 8.03. The molecule has 0 aromatic rings. The lowest BCUT2D eigenvalue weighted by atomic mass is 9.79. The van der Waals surface area contributed by atoms with Gasteiger partial charge in [-0.25, -0.2) is 4.79 Å². The second-order valence-electron chi connectivity index (χ2n) is 9.64. The minimum absolute atomic E-state index is 0.0431. The third kappa shape index (κ3) is 4.53. The van der Waals surface area contributed by atoms with Gasteiger partial charge in [0, 0.05) is 48.8 Å². The normalized spacial score (nSPS) is 34.6. The van der Waals surface area contributed by atoms with Crippen LogP contribution in [0.4, 0.5) is 0 Å². The fourth-order valence-corrected chi connectivity index (χ4v) is 7.15. The Labute approximate surface area is 198 Å². The predicted octanol–water partition coefficient (Wildman–Crippen LogP) is -0.999. The molecule has 0 radical (unpaired) electrons. The fourth-order valence-electron chi connectivity index (χ4n) is 5.67. The van der Waals surface area contributed by atoms with Gasteiger partial charge >= 0.3 is 5.97 Å². The number of hydrogen-bond acceptors (Lipinski definition) is 8. The zero-order valence-electron chi connectivity index (χ0n) is 19.2. The maximum atomic E-state index is 13.0. The summed E-state index contributed by atoms with van der Waals surface area (Å²) in [7, 11) is 0. The van der Waals surface area contributed by atoms with Crippen LogP contribution in [0.25, 0.3) is 0 Å². The van der Waals surface area contributed by atoms with Crippen molar-refractivity contribution in [3.8, 4) is 0 Å². The minimum atomic E-state index is -1.12. The van der Waals surface area contributed by atoms with Crippen LogP contribution in [0.2, 0.25) is 0 Å². The molecule has 3 saturated heterocycles. The van der Waals surface area contributed by atoms with E-state index in [-0.39, 0.29) is 40.8 Å². The summed E-state index contributed by atoms with van der Waals surface area (Å²) in [6.07, 6.45) is 0.791. The van der Waals surface area contributed by atoms with Crippen LogP contribution in [0.15, 0.2) is 10.6 Å². The predicted molar refractivity (Wildman–Crippen MR) is 124 cm³/mol. The first-order valence-corrected chi connectivity index (χ1v) is 12.7. The number of β-lactam (4-membered cyclic amide) rings is 1. The van der Waals surface area contributed by atoms with Gasteiger partial charge in [-0.05, 0) is 32.2 Å². The average Bonchev–Trinajstić information content (AvgIpc) is 3.47. The van der Waals surface area contributed by atoms with Crippen molar-refractivity contribution < 1.29 is 24.6 Å². The number of aliphatic hydroxyl groups excluding tert-OH is 1. The van der Waals surface area contributed by atoms with Gasteiger partial charge in [0.2, 0.25) is 11.8 Å². The van der Waals surface area contributed by atoms with E-state index in [0.717, 1.165) is 32.6 Å². The smallest absolute Gasteiger partial charge is 0.353 e. The van der Waals surface area contributed by atoms with Gasteiger partial charge in [0.1, 0.15) is 5.70 Å². The number of thioether (sulfide) groups is 1. The Balaban J connectivity index is 1.36. The Morgan fingerprint density at radius 3 is 2.82 bits per heavy atom. The number of likely N-dealkylation sites (tertiary alicyclic amines) is 1. The van der Waals surface area contributed by atoms with E-state index >= 15 is 0 Å².